The molecule has 0 unspecified atom stereocenters. The van der Waals surface area contributed by atoms with Crippen molar-refractivity contribution in [2.45, 2.75) is 30.6 Å². The van der Waals surface area contributed by atoms with Gasteiger partial charge in [0.05, 0.1) is 22.7 Å². The van der Waals surface area contributed by atoms with Gasteiger partial charge < -0.3 is 9.64 Å². The Kier molecular flexibility index (Phi) is 4.52. The van der Waals surface area contributed by atoms with Crippen molar-refractivity contribution >= 4 is 38.9 Å². The van der Waals surface area contributed by atoms with Crippen molar-refractivity contribution in [3.63, 3.8) is 0 Å². The predicted molar refractivity (Wildman–Crippen MR) is 104 cm³/mol. The largest absolute Gasteiger partial charge is 0.495 e. The van der Waals surface area contributed by atoms with E-state index in [0.717, 1.165) is 36.2 Å². The number of rotatable bonds is 4. The van der Waals surface area contributed by atoms with Gasteiger partial charge in [-0.3, -0.25) is 9.52 Å². The number of amides is 1. The van der Waals surface area contributed by atoms with Crippen LogP contribution in [0, 0.1) is 0 Å². The summed E-state index contributed by atoms with van der Waals surface area (Å²) < 4.78 is 33.3. The highest BCUT2D eigenvalue weighted by atomic mass is 35.5. The molecule has 0 radical (unpaired) electrons. The maximum Gasteiger partial charge on any atom is 0.261 e. The zero-order valence-corrected chi connectivity index (χ0v) is 16.4. The highest BCUT2D eigenvalue weighted by Gasteiger charge is 2.30. The Balaban J connectivity index is 1.69. The van der Waals surface area contributed by atoms with Crippen molar-refractivity contribution < 1.29 is 17.9 Å². The molecule has 1 N–H and O–H groups in total. The van der Waals surface area contributed by atoms with Gasteiger partial charge in [-0.15, -0.1) is 0 Å². The number of carbonyl (C=O) groups excluding carboxylic acids is 1. The van der Waals surface area contributed by atoms with E-state index in [0.29, 0.717) is 24.3 Å². The van der Waals surface area contributed by atoms with Gasteiger partial charge in [-0.2, -0.15) is 0 Å². The second-order valence-corrected chi connectivity index (χ2v) is 8.78. The zero-order valence-electron chi connectivity index (χ0n) is 14.8. The minimum Gasteiger partial charge on any atom is -0.495 e. The van der Waals surface area contributed by atoms with Crippen LogP contribution in [0.25, 0.3) is 0 Å². The number of carbonyl (C=O) groups is 1. The van der Waals surface area contributed by atoms with Crippen LogP contribution >= 0.6 is 11.6 Å². The van der Waals surface area contributed by atoms with Gasteiger partial charge in [-0.05, 0) is 60.7 Å². The van der Waals surface area contributed by atoms with Gasteiger partial charge in [-0.25, -0.2) is 8.42 Å². The molecule has 0 bridgehead atoms. The van der Waals surface area contributed by atoms with E-state index in [4.69, 9.17) is 16.3 Å². The molecule has 8 heteroatoms. The second-order valence-electron chi connectivity index (χ2n) is 6.69. The zero-order chi connectivity index (χ0) is 19.2. The van der Waals surface area contributed by atoms with Crippen LogP contribution in [0.2, 0.25) is 5.02 Å². The number of hydrogen-bond donors (Lipinski definition) is 1. The molecule has 1 amide bonds. The molecule has 0 saturated carbocycles. The van der Waals surface area contributed by atoms with Crippen LogP contribution < -0.4 is 14.4 Å². The average molecular weight is 407 g/mol. The van der Waals surface area contributed by atoms with Crippen LogP contribution in [0.5, 0.6) is 5.75 Å². The van der Waals surface area contributed by atoms with E-state index in [9.17, 15) is 13.2 Å². The van der Waals surface area contributed by atoms with Gasteiger partial charge in [0.15, 0.2) is 0 Å². The van der Waals surface area contributed by atoms with E-state index in [1.807, 2.05) is 17.0 Å². The molecular formula is C19H19ClN2O4S. The number of ether oxygens (including phenoxy) is 1. The summed E-state index contributed by atoms with van der Waals surface area (Å²) in [5.74, 6) is 0.559. The summed E-state index contributed by atoms with van der Waals surface area (Å²) >= 11 is 6.06. The van der Waals surface area contributed by atoms with E-state index in [1.165, 1.54) is 25.3 Å². The summed E-state index contributed by atoms with van der Waals surface area (Å²) in [7, 11) is -2.32. The number of anilines is 2. The Labute approximate surface area is 163 Å². The molecule has 0 spiro atoms. The average Bonchev–Trinajstić information content (AvgIpc) is 2.64. The molecule has 142 valence electrons. The highest BCUT2D eigenvalue weighted by Crippen LogP contribution is 2.38. The van der Waals surface area contributed by atoms with E-state index in [-0.39, 0.29) is 15.8 Å². The van der Waals surface area contributed by atoms with Crippen molar-refractivity contribution in [3.8, 4) is 5.75 Å². The SMILES string of the molecule is COc1ccc(S(=O)(=O)Nc2cc3c4c(c2)CCC(=O)N4CCC3)cc1Cl. The Hall–Kier alpha value is -2.25. The van der Waals surface area contributed by atoms with Crippen molar-refractivity contribution in [2.24, 2.45) is 0 Å². The first-order chi connectivity index (χ1) is 12.9. The molecule has 2 aromatic rings. The molecule has 0 aliphatic carbocycles. The maximum atomic E-state index is 12.8. The summed E-state index contributed by atoms with van der Waals surface area (Å²) in [6, 6.07) is 8.00. The standard InChI is InChI=1S/C19H19ClN2O4S/c1-26-17-6-5-15(11-16(17)20)27(24,25)21-14-9-12-3-2-8-22-18(23)7-4-13(10-14)19(12)22/h5-6,9-11,21H,2-4,7-8H2,1H3. The van der Waals surface area contributed by atoms with Gasteiger partial charge >= 0.3 is 0 Å². The fourth-order valence-electron chi connectivity index (χ4n) is 3.74. The molecule has 2 aliphatic rings. The van der Waals surface area contributed by atoms with E-state index < -0.39 is 10.0 Å². The quantitative estimate of drug-likeness (QED) is 0.844. The first-order valence-corrected chi connectivity index (χ1v) is 10.6. The molecule has 0 fully saturated rings. The first kappa shape index (κ1) is 18.1. The molecule has 27 heavy (non-hydrogen) atoms. The molecule has 0 saturated heterocycles. The van der Waals surface area contributed by atoms with Gasteiger partial charge in [0.1, 0.15) is 5.75 Å². The number of nitrogens with one attached hydrogen (secondary N) is 1. The molecular weight excluding hydrogens is 388 g/mol. The monoisotopic (exact) mass is 406 g/mol. The summed E-state index contributed by atoms with van der Waals surface area (Å²) in [6.45, 7) is 0.730. The number of benzene rings is 2. The lowest BCUT2D eigenvalue weighted by molar-refractivity contribution is -0.119. The smallest absolute Gasteiger partial charge is 0.261 e. The Bertz CT molecular complexity index is 1020. The lowest BCUT2D eigenvalue weighted by Gasteiger charge is -2.35. The predicted octanol–water partition coefficient (Wildman–Crippen LogP) is 3.37. The van der Waals surface area contributed by atoms with E-state index in [1.54, 1.807) is 0 Å². The molecule has 2 aromatic carbocycles. The number of halogens is 1. The number of nitrogens with zero attached hydrogens (tertiary/aromatic N) is 1. The van der Waals surface area contributed by atoms with Crippen LogP contribution in [0.1, 0.15) is 24.0 Å². The lowest BCUT2D eigenvalue weighted by Crippen LogP contribution is -2.39. The fraction of sp³-hybridized carbons (Fsp3) is 0.316. The maximum absolute atomic E-state index is 12.8. The number of aryl methyl sites for hydroxylation is 2. The van der Waals surface area contributed by atoms with Gasteiger partial charge in [0.2, 0.25) is 5.91 Å². The van der Waals surface area contributed by atoms with Crippen molar-refractivity contribution in [3.05, 3.63) is 46.5 Å². The van der Waals surface area contributed by atoms with Crippen molar-refractivity contribution in [1.82, 2.24) is 0 Å². The van der Waals surface area contributed by atoms with Gasteiger partial charge in [0.25, 0.3) is 10.0 Å². The normalized spacial score (nSPS) is 16.1. The summed E-state index contributed by atoms with van der Waals surface area (Å²) in [5.41, 5.74) is 3.49. The topological polar surface area (TPSA) is 75.7 Å². The molecule has 6 nitrogen and oxygen atoms in total. The number of hydrogen-bond acceptors (Lipinski definition) is 4. The Morgan fingerprint density at radius 2 is 1.85 bits per heavy atom. The first-order valence-electron chi connectivity index (χ1n) is 8.71. The summed E-state index contributed by atoms with van der Waals surface area (Å²) in [6.07, 6.45) is 2.79. The number of sulfonamides is 1. The minimum absolute atomic E-state index is 0.0662. The molecule has 2 heterocycles. The van der Waals surface area contributed by atoms with E-state index >= 15 is 0 Å². The fourth-order valence-corrected chi connectivity index (χ4v) is 5.13. The van der Waals surface area contributed by atoms with Crippen LogP contribution in [-0.2, 0) is 27.7 Å². The third-order valence-corrected chi connectivity index (χ3v) is 6.63. The molecule has 0 aromatic heterocycles. The molecule has 2 aliphatic heterocycles. The van der Waals surface area contributed by atoms with E-state index in [2.05, 4.69) is 4.72 Å². The van der Waals surface area contributed by atoms with Crippen LogP contribution in [0.3, 0.4) is 0 Å². The summed E-state index contributed by atoms with van der Waals surface area (Å²) in [4.78, 5) is 14.0. The Morgan fingerprint density at radius 3 is 2.56 bits per heavy atom. The molecule has 4 rings (SSSR count). The highest BCUT2D eigenvalue weighted by molar-refractivity contribution is 7.92. The third kappa shape index (κ3) is 3.26. The van der Waals surface area contributed by atoms with Crippen molar-refractivity contribution in [1.29, 1.82) is 0 Å². The van der Waals surface area contributed by atoms with Gasteiger partial charge in [0, 0.05) is 18.7 Å². The van der Waals surface area contributed by atoms with Crippen LogP contribution in [-0.4, -0.2) is 28.0 Å². The van der Waals surface area contributed by atoms with Gasteiger partial charge in [-0.1, -0.05) is 11.6 Å². The minimum atomic E-state index is -3.79. The van der Waals surface area contributed by atoms with Crippen LogP contribution in [0.4, 0.5) is 11.4 Å². The second kappa shape index (κ2) is 6.73. The molecule has 0 atom stereocenters. The van der Waals surface area contributed by atoms with Crippen LogP contribution in [0.15, 0.2) is 35.2 Å². The summed E-state index contributed by atoms with van der Waals surface area (Å²) in [5, 5.41) is 0.232. The Morgan fingerprint density at radius 1 is 1.11 bits per heavy atom. The number of methoxy groups -OCH3 is 1. The third-order valence-electron chi connectivity index (χ3n) is 4.96. The van der Waals surface area contributed by atoms with Crippen molar-refractivity contribution in [2.75, 3.05) is 23.3 Å². The lowest BCUT2D eigenvalue weighted by atomic mass is 9.91.